The van der Waals surface area contributed by atoms with E-state index < -0.39 is 11.8 Å². The van der Waals surface area contributed by atoms with Crippen LogP contribution in [0.2, 0.25) is 0 Å². The number of H-pyrrole nitrogens is 1. The third-order valence-corrected chi connectivity index (χ3v) is 4.88. The number of amides is 3. The van der Waals surface area contributed by atoms with Crippen molar-refractivity contribution in [2.45, 2.75) is 40.0 Å². The van der Waals surface area contributed by atoms with Crippen molar-refractivity contribution in [2.24, 2.45) is 11.7 Å². The standard InChI is InChI=1S/C24H29N5O4/c1-4-5-15-6-8-16(9-7-15)23(31)29-22-20(21(25)30)27-19(28-22)12-17-10-11-18(33-17)24(32)26-13-14(2)3/h6-11,14H,4-5,12-13H2,1-3H3,(H2,25,30)(H,26,32)(H,27,28)(H,29,31). The Morgan fingerprint density at radius 3 is 2.45 bits per heavy atom. The second-order valence-corrected chi connectivity index (χ2v) is 8.22. The van der Waals surface area contributed by atoms with Crippen molar-refractivity contribution in [2.75, 3.05) is 11.9 Å². The van der Waals surface area contributed by atoms with Crippen molar-refractivity contribution in [3.8, 4) is 0 Å². The van der Waals surface area contributed by atoms with E-state index in [1.807, 2.05) is 26.0 Å². The lowest BCUT2D eigenvalue weighted by Crippen LogP contribution is -2.26. The number of furan rings is 1. The molecule has 174 valence electrons. The first-order valence-electron chi connectivity index (χ1n) is 10.9. The van der Waals surface area contributed by atoms with Crippen LogP contribution in [0.25, 0.3) is 0 Å². The van der Waals surface area contributed by atoms with Crippen molar-refractivity contribution < 1.29 is 18.8 Å². The van der Waals surface area contributed by atoms with E-state index in [1.165, 1.54) is 0 Å². The van der Waals surface area contributed by atoms with Gasteiger partial charge < -0.3 is 25.8 Å². The summed E-state index contributed by atoms with van der Waals surface area (Å²) >= 11 is 0. The van der Waals surface area contributed by atoms with Gasteiger partial charge in [-0.1, -0.05) is 39.3 Å². The first-order valence-corrected chi connectivity index (χ1v) is 10.9. The van der Waals surface area contributed by atoms with Gasteiger partial charge in [-0.2, -0.15) is 0 Å². The van der Waals surface area contributed by atoms with Crippen molar-refractivity contribution in [3.63, 3.8) is 0 Å². The third kappa shape index (κ3) is 6.31. The third-order valence-electron chi connectivity index (χ3n) is 4.88. The van der Waals surface area contributed by atoms with Crippen LogP contribution in [-0.4, -0.2) is 34.2 Å². The van der Waals surface area contributed by atoms with Gasteiger partial charge >= 0.3 is 0 Å². The smallest absolute Gasteiger partial charge is 0.287 e. The van der Waals surface area contributed by atoms with Crippen LogP contribution >= 0.6 is 0 Å². The van der Waals surface area contributed by atoms with Crippen molar-refractivity contribution >= 4 is 23.5 Å². The first-order chi connectivity index (χ1) is 15.8. The summed E-state index contributed by atoms with van der Waals surface area (Å²) < 4.78 is 5.60. The number of rotatable bonds is 10. The number of nitrogens with one attached hydrogen (secondary N) is 3. The Labute approximate surface area is 192 Å². The van der Waals surface area contributed by atoms with Crippen LogP contribution in [-0.2, 0) is 12.8 Å². The van der Waals surface area contributed by atoms with E-state index in [9.17, 15) is 14.4 Å². The Balaban J connectivity index is 1.71. The minimum absolute atomic E-state index is 0.0811. The van der Waals surface area contributed by atoms with E-state index >= 15 is 0 Å². The quantitative estimate of drug-likeness (QED) is 0.374. The maximum Gasteiger partial charge on any atom is 0.287 e. The summed E-state index contributed by atoms with van der Waals surface area (Å²) in [6, 6.07) is 10.5. The number of aryl methyl sites for hydroxylation is 1. The molecule has 0 bridgehead atoms. The zero-order chi connectivity index (χ0) is 24.0. The molecule has 3 aromatic rings. The fourth-order valence-electron chi connectivity index (χ4n) is 3.22. The Morgan fingerprint density at radius 2 is 1.82 bits per heavy atom. The SMILES string of the molecule is CCCc1ccc(C(=O)Nc2[nH]c(Cc3ccc(C(=O)NCC(C)C)o3)nc2C(N)=O)cc1. The number of hydrogen-bond donors (Lipinski definition) is 4. The number of nitrogens with zero attached hydrogens (tertiary/aromatic N) is 1. The van der Waals surface area contributed by atoms with Gasteiger partial charge in [-0.05, 0) is 42.2 Å². The summed E-state index contributed by atoms with van der Waals surface area (Å²) in [5.41, 5.74) is 6.95. The molecule has 3 rings (SSSR count). The minimum Gasteiger partial charge on any atom is -0.455 e. The van der Waals surface area contributed by atoms with Gasteiger partial charge in [0, 0.05) is 12.1 Å². The summed E-state index contributed by atoms with van der Waals surface area (Å²) in [6.45, 7) is 6.63. The van der Waals surface area contributed by atoms with Crippen molar-refractivity contribution in [3.05, 3.63) is 70.6 Å². The van der Waals surface area contributed by atoms with Crippen LogP contribution in [0, 0.1) is 5.92 Å². The number of benzene rings is 1. The highest BCUT2D eigenvalue weighted by molar-refractivity contribution is 6.07. The molecule has 3 amide bonds. The molecule has 9 nitrogen and oxygen atoms in total. The molecular formula is C24H29N5O4. The Bertz CT molecular complexity index is 1130. The van der Waals surface area contributed by atoms with E-state index in [-0.39, 0.29) is 29.6 Å². The van der Waals surface area contributed by atoms with Gasteiger partial charge in [-0.3, -0.25) is 14.4 Å². The van der Waals surface area contributed by atoms with Gasteiger partial charge in [0.05, 0.1) is 6.42 Å². The molecule has 0 fully saturated rings. The molecule has 0 atom stereocenters. The summed E-state index contributed by atoms with van der Waals surface area (Å²) in [4.78, 5) is 43.7. The van der Waals surface area contributed by atoms with Crippen LogP contribution in [0.15, 0.2) is 40.8 Å². The van der Waals surface area contributed by atoms with Crippen LogP contribution in [0.1, 0.15) is 75.7 Å². The van der Waals surface area contributed by atoms with Crippen LogP contribution < -0.4 is 16.4 Å². The lowest BCUT2D eigenvalue weighted by Gasteiger charge is -2.05. The molecule has 0 saturated carbocycles. The second-order valence-electron chi connectivity index (χ2n) is 8.22. The molecule has 0 saturated heterocycles. The largest absolute Gasteiger partial charge is 0.455 e. The molecular weight excluding hydrogens is 422 g/mol. The van der Waals surface area contributed by atoms with E-state index in [4.69, 9.17) is 10.2 Å². The first kappa shape index (κ1) is 23.8. The molecule has 1 aromatic carbocycles. The lowest BCUT2D eigenvalue weighted by atomic mass is 10.1. The van der Waals surface area contributed by atoms with E-state index in [0.29, 0.717) is 29.6 Å². The molecule has 2 heterocycles. The summed E-state index contributed by atoms with van der Waals surface area (Å²) in [5, 5.41) is 5.45. The molecule has 5 N–H and O–H groups in total. The number of nitrogens with two attached hydrogens (primary N) is 1. The average molecular weight is 452 g/mol. The lowest BCUT2D eigenvalue weighted by molar-refractivity contribution is 0.0918. The normalized spacial score (nSPS) is 10.9. The Hall–Kier alpha value is -3.88. The van der Waals surface area contributed by atoms with Gasteiger partial charge in [0.15, 0.2) is 11.5 Å². The van der Waals surface area contributed by atoms with E-state index in [1.54, 1.807) is 24.3 Å². The molecule has 0 spiro atoms. The highest BCUT2D eigenvalue weighted by Crippen LogP contribution is 2.18. The minimum atomic E-state index is -0.778. The fraction of sp³-hybridized carbons (Fsp3) is 0.333. The summed E-state index contributed by atoms with van der Waals surface area (Å²) in [7, 11) is 0. The number of imidazole rings is 1. The number of aromatic nitrogens is 2. The number of carbonyl (C=O) groups is 3. The van der Waals surface area contributed by atoms with Gasteiger partial charge in [-0.15, -0.1) is 0 Å². The van der Waals surface area contributed by atoms with Gasteiger partial charge in [0.2, 0.25) is 0 Å². The zero-order valence-corrected chi connectivity index (χ0v) is 19.0. The maximum atomic E-state index is 12.6. The number of primary amides is 1. The van der Waals surface area contributed by atoms with Crippen LogP contribution in [0.3, 0.4) is 0 Å². The zero-order valence-electron chi connectivity index (χ0n) is 19.0. The molecule has 33 heavy (non-hydrogen) atoms. The molecule has 0 radical (unpaired) electrons. The summed E-state index contributed by atoms with van der Waals surface area (Å²) in [5.74, 6) is -0.0161. The number of carbonyl (C=O) groups excluding carboxylic acids is 3. The molecule has 2 aromatic heterocycles. The Kier molecular flexibility index (Phi) is 7.66. The highest BCUT2D eigenvalue weighted by Gasteiger charge is 2.19. The van der Waals surface area contributed by atoms with Gasteiger partial charge in [0.1, 0.15) is 17.4 Å². The van der Waals surface area contributed by atoms with Crippen molar-refractivity contribution in [1.29, 1.82) is 0 Å². The predicted octanol–water partition coefficient (Wildman–Crippen LogP) is 3.28. The fourth-order valence-corrected chi connectivity index (χ4v) is 3.22. The maximum absolute atomic E-state index is 12.6. The average Bonchev–Trinajstić information content (AvgIpc) is 3.40. The summed E-state index contributed by atoms with van der Waals surface area (Å²) in [6.07, 6.45) is 2.13. The second kappa shape index (κ2) is 10.6. The van der Waals surface area contributed by atoms with Crippen LogP contribution in [0.4, 0.5) is 5.82 Å². The molecule has 0 unspecified atom stereocenters. The Morgan fingerprint density at radius 1 is 1.09 bits per heavy atom. The number of anilines is 1. The topological polar surface area (TPSA) is 143 Å². The molecule has 0 aliphatic heterocycles. The number of hydrogen-bond acceptors (Lipinski definition) is 5. The van der Waals surface area contributed by atoms with Crippen molar-refractivity contribution in [1.82, 2.24) is 15.3 Å². The molecule has 0 aliphatic carbocycles. The van der Waals surface area contributed by atoms with E-state index in [0.717, 1.165) is 18.4 Å². The molecule has 0 aliphatic rings. The highest BCUT2D eigenvalue weighted by atomic mass is 16.3. The predicted molar refractivity (Wildman–Crippen MR) is 124 cm³/mol. The number of aromatic amines is 1. The van der Waals surface area contributed by atoms with Crippen LogP contribution in [0.5, 0.6) is 0 Å². The molecule has 9 heteroatoms. The van der Waals surface area contributed by atoms with Gasteiger partial charge in [-0.25, -0.2) is 4.98 Å². The van der Waals surface area contributed by atoms with Gasteiger partial charge in [0.25, 0.3) is 17.7 Å². The van der Waals surface area contributed by atoms with E-state index in [2.05, 4.69) is 27.5 Å². The monoisotopic (exact) mass is 451 g/mol.